The van der Waals surface area contributed by atoms with E-state index in [0.29, 0.717) is 13.2 Å². The van der Waals surface area contributed by atoms with E-state index in [0.717, 1.165) is 19.5 Å². The van der Waals surface area contributed by atoms with Crippen molar-refractivity contribution in [3.63, 3.8) is 0 Å². The van der Waals surface area contributed by atoms with Crippen molar-refractivity contribution in [2.45, 2.75) is 32.4 Å². The van der Waals surface area contributed by atoms with E-state index >= 15 is 0 Å². The van der Waals surface area contributed by atoms with Crippen LogP contribution in [0.2, 0.25) is 0 Å². The van der Waals surface area contributed by atoms with Gasteiger partial charge in [0.15, 0.2) is 0 Å². The van der Waals surface area contributed by atoms with Crippen LogP contribution in [0.15, 0.2) is 24.3 Å². The van der Waals surface area contributed by atoms with Gasteiger partial charge in [-0.2, -0.15) is 0 Å². The highest BCUT2D eigenvalue weighted by atomic mass is 16.5. The number of methoxy groups -OCH3 is 2. The minimum absolute atomic E-state index is 0.00961. The largest absolute Gasteiger partial charge is 0.383 e. The summed E-state index contributed by atoms with van der Waals surface area (Å²) in [5.41, 5.74) is 8.97. The maximum atomic E-state index is 6.45. The topological polar surface area (TPSA) is 47.7 Å². The molecule has 0 amide bonds. The molecule has 0 aliphatic carbocycles. The smallest absolute Gasteiger partial charge is 0.0589 e. The average molecular weight is 294 g/mol. The van der Waals surface area contributed by atoms with Crippen LogP contribution in [-0.4, -0.2) is 51.5 Å². The van der Waals surface area contributed by atoms with Crippen molar-refractivity contribution < 1.29 is 9.47 Å². The van der Waals surface area contributed by atoms with Gasteiger partial charge in [-0.25, -0.2) is 0 Å². The van der Waals surface area contributed by atoms with Crippen molar-refractivity contribution in [1.82, 2.24) is 4.90 Å². The van der Waals surface area contributed by atoms with E-state index in [4.69, 9.17) is 15.2 Å². The lowest BCUT2D eigenvalue weighted by Crippen LogP contribution is -2.44. The number of hydrogen-bond donors (Lipinski definition) is 1. The van der Waals surface area contributed by atoms with Gasteiger partial charge in [-0.15, -0.1) is 0 Å². The van der Waals surface area contributed by atoms with Gasteiger partial charge < -0.3 is 15.2 Å². The Morgan fingerprint density at radius 3 is 2.00 bits per heavy atom. The van der Waals surface area contributed by atoms with E-state index < -0.39 is 0 Å². The molecule has 120 valence electrons. The summed E-state index contributed by atoms with van der Waals surface area (Å²) >= 11 is 0. The van der Waals surface area contributed by atoms with Crippen molar-refractivity contribution in [3.8, 4) is 0 Å². The van der Waals surface area contributed by atoms with Gasteiger partial charge in [-0.1, -0.05) is 31.2 Å². The number of aryl methyl sites for hydroxylation is 1. The molecule has 0 aliphatic heterocycles. The van der Waals surface area contributed by atoms with Gasteiger partial charge in [0, 0.05) is 39.4 Å². The van der Waals surface area contributed by atoms with Crippen LogP contribution in [0.25, 0.3) is 0 Å². The van der Waals surface area contributed by atoms with Crippen LogP contribution in [-0.2, 0) is 15.9 Å². The number of rotatable bonds is 10. The third-order valence-corrected chi connectivity index (χ3v) is 4.03. The summed E-state index contributed by atoms with van der Waals surface area (Å²) in [7, 11) is 3.45. The van der Waals surface area contributed by atoms with Gasteiger partial charge in [0.05, 0.1) is 13.2 Å². The first kappa shape index (κ1) is 18.1. The molecule has 0 fully saturated rings. The predicted octanol–water partition coefficient (Wildman–Crippen LogP) is 2.23. The highest BCUT2D eigenvalue weighted by Gasteiger charge is 2.21. The fourth-order valence-corrected chi connectivity index (χ4v) is 2.42. The third-order valence-electron chi connectivity index (χ3n) is 4.03. The van der Waals surface area contributed by atoms with Gasteiger partial charge in [0.25, 0.3) is 0 Å². The Morgan fingerprint density at radius 2 is 1.57 bits per heavy atom. The van der Waals surface area contributed by atoms with Crippen molar-refractivity contribution in [1.29, 1.82) is 0 Å². The first-order chi connectivity index (χ1) is 10.1. The van der Waals surface area contributed by atoms with Crippen LogP contribution in [0.5, 0.6) is 0 Å². The van der Waals surface area contributed by atoms with Crippen LogP contribution < -0.4 is 5.73 Å². The van der Waals surface area contributed by atoms with Crippen molar-refractivity contribution in [3.05, 3.63) is 35.4 Å². The maximum absolute atomic E-state index is 6.45. The monoisotopic (exact) mass is 294 g/mol. The van der Waals surface area contributed by atoms with Gasteiger partial charge in [-0.3, -0.25) is 4.90 Å². The second-order valence-corrected chi connectivity index (χ2v) is 5.38. The van der Waals surface area contributed by atoms with E-state index in [9.17, 15) is 0 Å². The average Bonchev–Trinajstić information content (AvgIpc) is 2.54. The van der Waals surface area contributed by atoms with Gasteiger partial charge >= 0.3 is 0 Å². The number of ether oxygens (including phenoxy) is 2. The molecule has 1 aromatic rings. The summed E-state index contributed by atoms with van der Waals surface area (Å²) in [5, 5.41) is 0. The second-order valence-electron chi connectivity index (χ2n) is 5.38. The summed E-state index contributed by atoms with van der Waals surface area (Å²) < 4.78 is 10.4. The summed E-state index contributed by atoms with van der Waals surface area (Å²) in [5.74, 6) is 0. The number of benzene rings is 1. The van der Waals surface area contributed by atoms with E-state index in [-0.39, 0.29) is 12.1 Å². The maximum Gasteiger partial charge on any atom is 0.0589 e. The Morgan fingerprint density at radius 1 is 1.05 bits per heavy atom. The van der Waals surface area contributed by atoms with Crippen molar-refractivity contribution in [2.24, 2.45) is 5.73 Å². The second kappa shape index (κ2) is 9.90. The highest BCUT2D eigenvalue weighted by molar-refractivity contribution is 5.25. The van der Waals surface area contributed by atoms with Crippen LogP contribution in [0.1, 0.15) is 31.0 Å². The fraction of sp³-hybridized carbons (Fsp3) is 0.647. The van der Waals surface area contributed by atoms with Crippen molar-refractivity contribution in [2.75, 3.05) is 40.5 Å². The molecule has 1 rings (SSSR count). The summed E-state index contributed by atoms with van der Waals surface area (Å²) in [6.07, 6.45) is 1.05. The molecule has 1 aromatic carbocycles. The zero-order valence-corrected chi connectivity index (χ0v) is 13.8. The minimum atomic E-state index is -0.00961. The predicted molar refractivity (Wildman–Crippen MR) is 87.5 cm³/mol. The SMILES string of the molecule is CCc1ccc(C(N)C(C)N(CCOC)CCOC)cc1. The van der Waals surface area contributed by atoms with E-state index in [2.05, 4.69) is 43.0 Å². The molecule has 0 bridgehead atoms. The summed E-state index contributed by atoms with van der Waals surface area (Å²) in [6.45, 7) is 7.47. The van der Waals surface area contributed by atoms with Crippen molar-refractivity contribution >= 4 is 0 Å². The molecule has 4 heteroatoms. The number of hydrogen-bond acceptors (Lipinski definition) is 4. The first-order valence-electron chi connectivity index (χ1n) is 7.70. The molecule has 0 aliphatic rings. The van der Waals surface area contributed by atoms with Gasteiger partial charge in [0.1, 0.15) is 0 Å². The first-order valence-corrected chi connectivity index (χ1v) is 7.70. The molecule has 2 unspecified atom stereocenters. The molecule has 2 N–H and O–H groups in total. The lowest BCUT2D eigenvalue weighted by molar-refractivity contribution is 0.0841. The molecule has 0 spiro atoms. The third kappa shape index (κ3) is 5.75. The zero-order chi connectivity index (χ0) is 15.7. The zero-order valence-electron chi connectivity index (χ0n) is 13.8. The Bertz CT molecular complexity index is 373. The Labute approximate surface area is 129 Å². The molecule has 0 saturated carbocycles. The van der Waals surface area contributed by atoms with Crippen LogP contribution in [0.4, 0.5) is 0 Å². The molecular weight excluding hydrogens is 264 g/mol. The normalized spacial score (nSPS) is 14.4. The van der Waals surface area contributed by atoms with Gasteiger partial charge in [0.2, 0.25) is 0 Å². The van der Waals surface area contributed by atoms with E-state index in [1.165, 1.54) is 11.1 Å². The Hall–Kier alpha value is -0.940. The van der Waals surface area contributed by atoms with E-state index in [1.54, 1.807) is 14.2 Å². The fourth-order valence-electron chi connectivity index (χ4n) is 2.42. The minimum Gasteiger partial charge on any atom is -0.383 e. The van der Waals surface area contributed by atoms with Crippen LogP contribution in [0, 0.1) is 0 Å². The lowest BCUT2D eigenvalue weighted by Gasteiger charge is -2.33. The molecule has 0 heterocycles. The molecule has 0 saturated heterocycles. The lowest BCUT2D eigenvalue weighted by atomic mass is 9.98. The summed E-state index contributed by atoms with van der Waals surface area (Å²) in [4.78, 5) is 2.32. The van der Waals surface area contributed by atoms with Crippen LogP contribution >= 0.6 is 0 Å². The standard InChI is InChI=1S/C17H30N2O2/c1-5-15-6-8-16(9-7-15)17(18)14(2)19(10-12-20-3)11-13-21-4/h6-9,14,17H,5,10-13,18H2,1-4H3. The Kier molecular flexibility index (Phi) is 8.54. The van der Waals surface area contributed by atoms with Crippen LogP contribution in [0.3, 0.4) is 0 Å². The van der Waals surface area contributed by atoms with Gasteiger partial charge in [-0.05, 0) is 24.5 Å². The summed E-state index contributed by atoms with van der Waals surface area (Å²) in [6, 6.07) is 8.84. The highest BCUT2D eigenvalue weighted by Crippen LogP contribution is 2.19. The molecule has 0 radical (unpaired) electrons. The Balaban J connectivity index is 2.71. The molecule has 2 atom stereocenters. The molecule has 4 nitrogen and oxygen atoms in total. The van der Waals surface area contributed by atoms with E-state index in [1.807, 2.05) is 0 Å². The molecular formula is C17H30N2O2. The number of nitrogens with two attached hydrogens (primary N) is 1. The molecule has 0 aromatic heterocycles. The quantitative estimate of drug-likeness (QED) is 0.719. The molecule has 21 heavy (non-hydrogen) atoms. The number of nitrogens with zero attached hydrogens (tertiary/aromatic N) is 1.